The van der Waals surface area contributed by atoms with Crippen LogP contribution in [0, 0.1) is 0 Å². The summed E-state index contributed by atoms with van der Waals surface area (Å²) in [5, 5.41) is 6.22. The smallest absolute Gasteiger partial charge is 0.387 e. The van der Waals surface area contributed by atoms with E-state index in [0.29, 0.717) is 36.3 Å². The first-order chi connectivity index (χ1) is 14.0. The number of halogens is 2. The maximum atomic E-state index is 12.8. The summed E-state index contributed by atoms with van der Waals surface area (Å²) in [5.41, 5.74) is 1.50. The van der Waals surface area contributed by atoms with Crippen LogP contribution in [0.15, 0.2) is 41.5 Å². The first-order valence-electron chi connectivity index (χ1n) is 9.19. The lowest BCUT2D eigenvalue weighted by Crippen LogP contribution is -2.36. The molecule has 2 N–H and O–H groups in total. The molecule has 0 fully saturated rings. The van der Waals surface area contributed by atoms with Gasteiger partial charge in [-0.2, -0.15) is 8.78 Å². The number of hydrogen-bond acceptors (Lipinski definition) is 5. The Morgan fingerprint density at radius 1 is 1.17 bits per heavy atom. The molecule has 0 unspecified atom stereocenters. The Hall–Kier alpha value is -3.10. The minimum Gasteiger partial charge on any atom is -0.493 e. The van der Waals surface area contributed by atoms with Crippen LogP contribution in [0.25, 0.3) is 0 Å². The number of aromatic nitrogens is 1. The van der Waals surface area contributed by atoms with E-state index in [4.69, 9.17) is 9.47 Å². The molecule has 0 bridgehead atoms. The van der Waals surface area contributed by atoms with E-state index in [1.807, 2.05) is 13.0 Å². The SMILES string of the molecule is CCCOc1ccc(CNC(=NC)NCc2ccc(OC)nc2)c(OC(F)F)c1. The van der Waals surface area contributed by atoms with E-state index in [1.54, 1.807) is 38.6 Å². The van der Waals surface area contributed by atoms with Crippen LogP contribution in [0.3, 0.4) is 0 Å². The summed E-state index contributed by atoms with van der Waals surface area (Å²) in [7, 11) is 3.18. The molecule has 0 aliphatic carbocycles. The first kappa shape index (κ1) is 22.2. The van der Waals surface area contributed by atoms with Crippen molar-refractivity contribution in [3.8, 4) is 17.4 Å². The summed E-state index contributed by atoms with van der Waals surface area (Å²) in [4.78, 5) is 8.28. The number of guanidine groups is 1. The highest BCUT2D eigenvalue weighted by Gasteiger charge is 2.12. The molecule has 0 aliphatic rings. The second kappa shape index (κ2) is 11.7. The molecule has 2 rings (SSSR count). The fraction of sp³-hybridized carbons (Fsp3) is 0.400. The second-order valence-corrected chi connectivity index (χ2v) is 5.98. The van der Waals surface area contributed by atoms with Crippen LogP contribution in [-0.2, 0) is 13.1 Å². The molecule has 0 spiro atoms. The maximum absolute atomic E-state index is 12.8. The van der Waals surface area contributed by atoms with Crippen LogP contribution in [0.1, 0.15) is 24.5 Å². The van der Waals surface area contributed by atoms with Crippen molar-refractivity contribution in [2.45, 2.75) is 33.0 Å². The van der Waals surface area contributed by atoms with E-state index in [2.05, 4.69) is 25.3 Å². The number of benzene rings is 1. The molecule has 7 nitrogen and oxygen atoms in total. The summed E-state index contributed by atoms with van der Waals surface area (Å²) >= 11 is 0. The minimum atomic E-state index is -2.92. The number of methoxy groups -OCH3 is 1. The van der Waals surface area contributed by atoms with Gasteiger partial charge in [0.25, 0.3) is 0 Å². The first-order valence-corrected chi connectivity index (χ1v) is 9.19. The van der Waals surface area contributed by atoms with Crippen molar-refractivity contribution in [3.05, 3.63) is 47.7 Å². The molecule has 0 radical (unpaired) electrons. The monoisotopic (exact) mass is 408 g/mol. The van der Waals surface area contributed by atoms with Crippen molar-refractivity contribution < 1.29 is 23.0 Å². The van der Waals surface area contributed by atoms with Crippen molar-refractivity contribution in [3.63, 3.8) is 0 Å². The van der Waals surface area contributed by atoms with Gasteiger partial charge in [-0.3, -0.25) is 4.99 Å². The van der Waals surface area contributed by atoms with Gasteiger partial charge in [0.2, 0.25) is 5.88 Å². The Kier molecular flexibility index (Phi) is 8.94. The van der Waals surface area contributed by atoms with Gasteiger partial charge in [-0.05, 0) is 24.1 Å². The molecule has 9 heteroatoms. The van der Waals surface area contributed by atoms with Crippen molar-refractivity contribution >= 4 is 5.96 Å². The molecule has 1 aromatic heterocycles. The van der Waals surface area contributed by atoms with Crippen LogP contribution >= 0.6 is 0 Å². The van der Waals surface area contributed by atoms with Gasteiger partial charge in [0.15, 0.2) is 5.96 Å². The quantitative estimate of drug-likeness (QED) is 0.464. The zero-order chi connectivity index (χ0) is 21.1. The van der Waals surface area contributed by atoms with E-state index in [-0.39, 0.29) is 12.3 Å². The van der Waals surface area contributed by atoms with Gasteiger partial charge in [-0.25, -0.2) is 4.98 Å². The highest BCUT2D eigenvalue weighted by molar-refractivity contribution is 5.79. The fourth-order valence-corrected chi connectivity index (χ4v) is 2.42. The Labute approximate surface area is 169 Å². The largest absolute Gasteiger partial charge is 0.493 e. The molecule has 0 amide bonds. The van der Waals surface area contributed by atoms with E-state index >= 15 is 0 Å². The van der Waals surface area contributed by atoms with E-state index in [0.717, 1.165) is 12.0 Å². The van der Waals surface area contributed by atoms with Crippen LogP contribution in [0.4, 0.5) is 8.78 Å². The lowest BCUT2D eigenvalue weighted by Gasteiger charge is -2.16. The van der Waals surface area contributed by atoms with Crippen molar-refractivity contribution in [1.29, 1.82) is 0 Å². The molecule has 0 aliphatic heterocycles. The van der Waals surface area contributed by atoms with Crippen molar-refractivity contribution in [2.24, 2.45) is 4.99 Å². The highest BCUT2D eigenvalue weighted by Crippen LogP contribution is 2.26. The Morgan fingerprint density at radius 3 is 2.59 bits per heavy atom. The number of rotatable bonds is 10. The van der Waals surface area contributed by atoms with Crippen LogP contribution in [0.2, 0.25) is 0 Å². The number of nitrogens with one attached hydrogen (secondary N) is 2. The number of ether oxygens (including phenoxy) is 3. The lowest BCUT2D eigenvalue weighted by atomic mass is 10.2. The minimum absolute atomic E-state index is 0.0657. The molecular weight excluding hydrogens is 382 g/mol. The average Bonchev–Trinajstić information content (AvgIpc) is 2.73. The molecule has 158 valence electrons. The zero-order valence-electron chi connectivity index (χ0n) is 16.7. The Morgan fingerprint density at radius 2 is 1.97 bits per heavy atom. The summed E-state index contributed by atoms with van der Waals surface area (Å²) in [5.74, 6) is 1.60. The van der Waals surface area contributed by atoms with Crippen LogP contribution in [-0.4, -0.2) is 38.3 Å². The molecule has 1 aromatic carbocycles. The number of hydrogen-bond donors (Lipinski definition) is 2. The van der Waals surface area contributed by atoms with Crippen molar-refractivity contribution in [1.82, 2.24) is 15.6 Å². The third kappa shape index (κ3) is 7.44. The van der Waals surface area contributed by atoms with Crippen LogP contribution < -0.4 is 24.8 Å². The predicted molar refractivity (Wildman–Crippen MR) is 107 cm³/mol. The van der Waals surface area contributed by atoms with Gasteiger partial charge in [0, 0.05) is 44.0 Å². The zero-order valence-corrected chi connectivity index (χ0v) is 16.7. The highest BCUT2D eigenvalue weighted by atomic mass is 19.3. The standard InChI is InChI=1S/C20H26F2N4O3/c1-4-9-28-16-7-6-15(17(10-16)29-19(21)22)13-26-20(23-2)25-12-14-5-8-18(27-3)24-11-14/h5-8,10-11,19H,4,9,12-13H2,1-3H3,(H2,23,25,26). The van der Waals surface area contributed by atoms with E-state index in [9.17, 15) is 8.78 Å². The molecular formula is C20H26F2N4O3. The van der Waals surface area contributed by atoms with E-state index < -0.39 is 6.61 Å². The maximum Gasteiger partial charge on any atom is 0.387 e. The normalized spacial score (nSPS) is 11.3. The van der Waals surface area contributed by atoms with Gasteiger partial charge in [0.1, 0.15) is 11.5 Å². The number of pyridine rings is 1. The van der Waals surface area contributed by atoms with Gasteiger partial charge in [-0.15, -0.1) is 0 Å². The number of alkyl halides is 2. The lowest BCUT2D eigenvalue weighted by molar-refractivity contribution is -0.0505. The summed E-state index contributed by atoms with van der Waals surface area (Å²) in [6, 6.07) is 8.54. The number of aliphatic imine (C=N–C) groups is 1. The summed E-state index contributed by atoms with van der Waals surface area (Å²) < 4.78 is 40.7. The molecule has 0 saturated carbocycles. The molecule has 0 saturated heterocycles. The molecule has 1 heterocycles. The van der Waals surface area contributed by atoms with Gasteiger partial charge >= 0.3 is 6.61 Å². The van der Waals surface area contributed by atoms with Crippen LogP contribution in [0.5, 0.6) is 17.4 Å². The van der Waals surface area contributed by atoms with Crippen molar-refractivity contribution in [2.75, 3.05) is 20.8 Å². The Bertz CT molecular complexity index is 786. The summed E-state index contributed by atoms with van der Waals surface area (Å²) in [6.07, 6.45) is 2.52. The molecule has 29 heavy (non-hydrogen) atoms. The third-order valence-electron chi connectivity index (χ3n) is 3.86. The second-order valence-electron chi connectivity index (χ2n) is 5.98. The van der Waals surface area contributed by atoms with E-state index in [1.165, 1.54) is 6.07 Å². The molecule has 2 aromatic rings. The Balaban J connectivity index is 1.97. The average molecular weight is 408 g/mol. The fourth-order valence-electron chi connectivity index (χ4n) is 2.42. The molecule has 0 atom stereocenters. The number of nitrogens with zero attached hydrogens (tertiary/aromatic N) is 2. The topological polar surface area (TPSA) is 77.0 Å². The van der Waals surface area contributed by atoms with Gasteiger partial charge in [-0.1, -0.05) is 13.0 Å². The summed E-state index contributed by atoms with van der Waals surface area (Å²) in [6.45, 7) is 0.283. The third-order valence-corrected chi connectivity index (χ3v) is 3.86. The van der Waals surface area contributed by atoms with Gasteiger partial charge < -0.3 is 24.8 Å². The predicted octanol–water partition coefficient (Wildman–Crippen LogP) is 3.35. The van der Waals surface area contributed by atoms with Gasteiger partial charge in [0.05, 0.1) is 13.7 Å².